The zero-order valence-corrected chi connectivity index (χ0v) is 13.1. The van der Waals surface area contributed by atoms with Crippen molar-refractivity contribution in [1.29, 1.82) is 0 Å². The lowest BCUT2D eigenvalue weighted by Crippen LogP contribution is -2.46. The lowest BCUT2D eigenvalue weighted by molar-refractivity contribution is -0.141. The largest absolute Gasteiger partial charge is 0.480 e. The first-order chi connectivity index (χ1) is 9.79. The van der Waals surface area contributed by atoms with Gasteiger partial charge in [-0.15, -0.1) is 11.3 Å². The number of aliphatic hydroxyl groups is 1. The highest BCUT2D eigenvalue weighted by atomic mass is 32.1. The summed E-state index contributed by atoms with van der Waals surface area (Å²) >= 11 is 1.66. The van der Waals surface area contributed by atoms with Gasteiger partial charge in [-0.05, 0) is 32.4 Å². The second-order valence-corrected chi connectivity index (χ2v) is 6.90. The minimum Gasteiger partial charge on any atom is -0.480 e. The molecular formula is C14H20N2O4S. The molecule has 0 aliphatic carbocycles. The predicted octanol–water partition coefficient (Wildman–Crippen LogP) is 1.66. The average molecular weight is 312 g/mol. The van der Waals surface area contributed by atoms with E-state index in [4.69, 9.17) is 5.11 Å². The van der Waals surface area contributed by atoms with Crippen LogP contribution in [0, 0.1) is 13.8 Å². The van der Waals surface area contributed by atoms with Gasteiger partial charge in [-0.3, -0.25) is 0 Å². The molecule has 2 heterocycles. The van der Waals surface area contributed by atoms with Gasteiger partial charge in [0.25, 0.3) is 0 Å². The number of carbonyl (C=O) groups is 2. The molecule has 0 saturated carbocycles. The minimum absolute atomic E-state index is 0.0527. The van der Waals surface area contributed by atoms with E-state index in [2.05, 4.69) is 5.32 Å². The molecule has 6 nitrogen and oxygen atoms in total. The number of carboxylic acids is 1. The number of hydrogen-bond donors (Lipinski definition) is 3. The Hall–Kier alpha value is -1.60. The van der Waals surface area contributed by atoms with Gasteiger partial charge in [-0.2, -0.15) is 0 Å². The van der Waals surface area contributed by atoms with Crippen LogP contribution < -0.4 is 5.32 Å². The predicted molar refractivity (Wildman–Crippen MR) is 79.5 cm³/mol. The van der Waals surface area contributed by atoms with Gasteiger partial charge >= 0.3 is 12.0 Å². The molecule has 1 fully saturated rings. The second kappa shape index (κ2) is 6.03. The van der Waals surface area contributed by atoms with Gasteiger partial charge in [0, 0.05) is 22.7 Å². The number of carboxylic acid groups (broad SMARTS) is 1. The third-order valence-corrected chi connectivity index (χ3v) is 4.69. The maximum atomic E-state index is 12.3. The van der Waals surface area contributed by atoms with E-state index in [0.29, 0.717) is 0 Å². The van der Waals surface area contributed by atoms with Crippen LogP contribution in [0.15, 0.2) is 6.07 Å². The highest BCUT2D eigenvalue weighted by molar-refractivity contribution is 7.12. The van der Waals surface area contributed by atoms with Crippen LogP contribution in [0.25, 0.3) is 0 Å². The Balaban J connectivity index is 2.07. The zero-order chi connectivity index (χ0) is 15.7. The standard InChI is InChI=1S/C14H20N2O4S/c1-7-4-11(9(3)21-7)8(2)15-14(20)16-6-10(17)5-12(16)13(18)19/h4,8,10,12,17H,5-6H2,1-3H3,(H,15,20)(H,18,19)/t8?,10-,12+/m1/s1. The Bertz CT molecular complexity index is 557. The number of aryl methyl sites for hydroxylation is 2. The van der Waals surface area contributed by atoms with Crippen molar-refractivity contribution >= 4 is 23.3 Å². The first kappa shape index (κ1) is 15.8. The molecule has 0 spiro atoms. The number of thiophene rings is 1. The van der Waals surface area contributed by atoms with E-state index in [1.165, 1.54) is 9.78 Å². The number of hydrogen-bond acceptors (Lipinski definition) is 4. The van der Waals surface area contributed by atoms with Crippen molar-refractivity contribution in [3.8, 4) is 0 Å². The molecule has 0 aromatic carbocycles. The second-order valence-electron chi connectivity index (χ2n) is 5.44. The van der Waals surface area contributed by atoms with Gasteiger partial charge < -0.3 is 20.4 Å². The maximum Gasteiger partial charge on any atom is 0.326 e. The monoisotopic (exact) mass is 312 g/mol. The summed E-state index contributed by atoms with van der Waals surface area (Å²) in [5, 5.41) is 21.5. The van der Waals surface area contributed by atoms with E-state index in [0.717, 1.165) is 10.4 Å². The lowest BCUT2D eigenvalue weighted by atomic mass is 10.1. The summed E-state index contributed by atoms with van der Waals surface area (Å²) in [5.74, 6) is -1.09. The molecule has 1 unspecified atom stereocenters. The average Bonchev–Trinajstić information content (AvgIpc) is 2.92. The summed E-state index contributed by atoms with van der Waals surface area (Å²) in [4.78, 5) is 26.9. The van der Waals surface area contributed by atoms with E-state index in [1.54, 1.807) is 11.3 Å². The summed E-state index contributed by atoms with van der Waals surface area (Å²) in [7, 11) is 0. The van der Waals surface area contributed by atoms with Crippen LogP contribution >= 0.6 is 11.3 Å². The molecule has 21 heavy (non-hydrogen) atoms. The van der Waals surface area contributed by atoms with Crippen molar-refractivity contribution in [2.75, 3.05) is 6.54 Å². The number of β-amino-alcohol motifs (C(OH)–C–C–N with tert-alkyl or cyclic N) is 1. The summed E-state index contributed by atoms with van der Waals surface area (Å²) in [5.41, 5.74) is 1.04. The van der Waals surface area contributed by atoms with Crippen molar-refractivity contribution in [2.45, 2.75) is 45.4 Å². The fourth-order valence-corrected chi connectivity index (χ4v) is 3.72. The van der Waals surface area contributed by atoms with Crippen molar-refractivity contribution in [3.05, 3.63) is 21.4 Å². The Kier molecular flexibility index (Phi) is 4.53. The van der Waals surface area contributed by atoms with Crippen molar-refractivity contribution in [2.24, 2.45) is 0 Å². The molecule has 2 amide bonds. The maximum absolute atomic E-state index is 12.3. The Morgan fingerprint density at radius 1 is 1.48 bits per heavy atom. The number of aliphatic hydroxyl groups excluding tert-OH is 1. The summed E-state index contributed by atoms with van der Waals surface area (Å²) in [6.07, 6.45) is -0.703. The van der Waals surface area contributed by atoms with Gasteiger partial charge in [0.2, 0.25) is 0 Å². The van der Waals surface area contributed by atoms with Crippen LogP contribution in [0.5, 0.6) is 0 Å². The Labute approximate surface area is 127 Å². The molecule has 1 aromatic rings. The van der Waals surface area contributed by atoms with Gasteiger partial charge in [0.1, 0.15) is 6.04 Å². The van der Waals surface area contributed by atoms with Gasteiger partial charge in [-0.25, -0.2) is 9.59 Å². The van der Waals surface area contributed by atoms with E-state index in [1.807, 2.05) is 26.8 Å². The number of aliphatic carboxylic acids is 1. The van der Waals surface area contributed by atoms with Gasteiger partial charge in [0.15, 0.2) is 0 Å². The first-order valence-electron chi connectivity index (χ1n) is 6.84. The molecule has 2 rings (SSSR count). The highest BCUT2D eigenvalue weighted by Crippen LogP contribution is 2.27. The van der Waals surface area contributed by atoms with Gasteiger partial charge in [0.05, 0.1) is 12.1 Å². The SMILES string of the molecule is Cc1cc(C(C)NC(=O)N2C[C@H](O)C[C@H]2C(=O)O)c(C)s1. The van der Waals surface area contributed by atoms with Crippen LogP contribution in [0.4, 0.5) is 4.79 Å². The quantitative estimate of drug-likeness (QED) is 0.792. The summed E-state index contributed by atoms with van der Waals surface area (Å²) in [6, 6.07) is 0.417. The normalized spacial score (nSPS) is 23.1. The number of likely N-dealkylation sites (tertiary alicyclic amines) is 1. The molecule has 0 bridgehead atoms. The fraction of sp³-hybridized carbons (Fsp3) is 0.571. The molecule has 1 saturated heterocycles. The molecule has 116 valence electrons. The van der Waals surface area contributed by atoms with Crippen LogP contribution in [0.2, 0.25) is 0 Å². The Morgan fingerprint density at radius 2 is 2.14 bits per heavy atom. The third-order valence-electron chi connectivity index (χ3n) is 3.71. The number of carbonyl (C=O) groups excluding carboxylic acids is 1. The third kappa shape index (κ3) is 3.36. The number of amides is 2. The minimum atomic E-state index is -1.09. The number of nitrogens with zero attached hydrogens (tertiary/aromatic N) is 1. The van der Waals surface area contributed by atoms with E-state index >= 15 is 0 Å². The molecule has 1 aliphatic heterocycles. The summed E-state index contributed by atoms with van der Waals surface area (Å²) in [6.45, 7) is 5.92. The molecular weight excluding hydrogens is 292 g/mol. The molecule has 0 radical (unpaired) electrons. The summed E-state index contributed by atoms with van der Waals surface area (Å²) < 4.78 is 0. The van der Waals surface area contributed by atoms with E-state index in [-0.39, 0.29) is 19.0 Å². The van der Waals surface area contributed by atoms with E-state index in [9.17, 15) is 14.7 Å². The van der Waals surface area contributed by atoms with Crippen molar-refractivity contribution < 1.29 is 19.8 Å². The van der Waals surface area contributed by atoms with Crippen molar-refractivity contribution in [3.63, 3.8) is 0 Å². The van der Waals surface area contributed by atoms with Gasteiger partial charge in [-0.1, -0.05) is 0 Å². The number of nitrogens with one attached hydrogen (secondary N) is 1. The smallest absolute Gasteiger partial charge is 0.326 e. The van der Waals surface area contributed by atoms with E-state index < -0.39 is 24.1 Å². The van der Waals surface area contributed by atoms with Crippen molar-refractivity contribution in [1.82, 2.24) is 10.2 Å². The van der Waals surface area contributed by atoms with Crippen LogP contribution in [0.1, 0.15) is 34.7 Å². The Morgan fingerprint density at radius 3 is 2.67 bits per heavy atom. The van der Waals surface area contributed by atoms with Crippen LogP contribution in [-0.2, 0) is 4.79 Å². The highest BCUT2D eigenvalue weighted by Gasteiger charge is 2.39. The zero-order valence-electron chi connectivity index (χ0n) is 12.3. The molecule has 7 heteroatoms. The van der Waals surface area contributed by atoms with Crippen LogP contribution in [-0.4, -0.2) is 45.8 Å². The lowest BCUT2D eigenvalue weighted by Gasteiger charge is -2.24. The molecule has 1 aromatic heterocycles. The molecule has 3 atom stereocenters. The van der Waals surface area contributed by atoms with Crippen LogP contribution in [0.3, 0.4) is 0 Å². The topological polar surface area (TPSA) is 89.9 Å². The number of urea groups is 1. The first-order valence-corrected chi connectivity index (χ1v) is 7.66. The fourth-order valence-electron chi connectivity index (χ4n) is 2.70. The molecule has 3 N–H and O–H groups in total. The molecule has 1 aliphatic rings. The number of rotatable bonds is 3.